The van der Waals surface area contributed by atoms with Gasteiger partial charge >= 0.3 is 0 Å². The summed E-state index contributed by atoms with van der Waals surface area (Å²) in [5.74, 6) is 1.35. The van der Waals surface area contributed by atoms with E-state index in [1.54, 1.807) is 12.1 Å². The fourth-order valence-corrected chi connectivity index (χ4v) is 3.48. The Balaban J connectivity index is 1.81. The molecule has 0 aromatic heterocycles. The van der Waals surface area contributed by atoms with Gasteiger partial charge in [-0.25, -0.2) is 0 Å². The minimum atomic E-state index is -0.412. The molecule has 0 aliphatic rings. The molecular formula is C27H30N2O4. The van der Waals surface area contributed by atoms with Crippen LogP contribution < -0.4 is 14.8 Å². The summed E-state index contributed by atoms with van der Waals surface area (Å²) in [6.07, 6.45) is 2.47. The van der Waals surface area contributed by atoms with E-state index in [1.807, 2.05) is 19.1 Å². The molecule has 0 heterocycles. The minimum Gasteiger partial charge on any atom is -0.490 e. The van der Waals surface area contributed by atoms with Gasteiger partial charge < -0.3 is 14.8 Å². The number of allylic oxidation sites excluding steroid dienone is 1. The van der Waals surface area contributed by atoms with Crippen LogP contribution in [0.2, 0.25) is 0 Å². The minimum absolute atomic E-state index is 0.0572. The Morgan fingerprint density at radius 3 is 2.39 bits per heavy atom. The Hall–Kier alpha value is -3.80. The van der Waals surface area contributed by atoms with E-state index in [-0.39, 0.29) is 12.3 Å². The van der Waals surface area contributed by atoms with Crippen LogP contribution in [-0.2, 0) is 19.6 Å². The molecule has 3 rings (SSSR count). The van der Waals surface area contributed by atoms with Gasteiger partial charge in [-0.2, -0.15) is 0 Å². The van der Waals surface area contributed by atoms with Crippen LogP contribution in [0.5, 0.6) is 11.5 Å². The number of ether oxygens (including phenoxy) is 2. The van der Waals surface area contributed by atoms with Crippen LogP contribution in [0, 0.1) is 24.0 Å². The molecule has 33 heavy (non-hydrogen) atoms. The second-order valence-corrected chi connectivity index (χ2v) is 7.87. The van der Waals surface area contributed by atoms with Crippen LogP contribution in [-0.4, -0.2) is 11.5 Å². The fourth-order valence-electron chi connectivity index (χ4n) is 3.48. The lowest BCUT2D eigenvalue weighted by molar-refractivity contribution is -0.384. The van der Waals surface area contributed by atoms with Crippen LogP contribution in [0.4, 0.5) is 11.4 Å². The number of nitrogens with one attached hydrogen (secondary N) is 1. The molecule has 172 valence electrons. The van der Waals surface area contributed by atoms with E-state index < -0.39 is 4.92 Å². The van der Waals surface area contributed by atoms with Gasteiger partial charge in [0, 0.05) is 29.9 Å². The zero-order chi connectivity index (χ0) is 23.8. The Morgan fingerprint density at radius 1 is 1.00 bits per heavy atom. The van der Waals surface area contributed by atoms with E-state index in [9.17, 15) is 10.1 Å². The van der Waals surface area contributed by atoms with Crippen molar-refractivity contribution >= 4 is 11.4 Å². The van der Waals surface area contributed by atoms with Crippen molar-refractivity contribution in [3.05, 3.63) is 105 Å². The van der Waals surface area contributed by atoms with Crippen molar-refractivity contribution in [1.29, 1.82) is 0 Å². The molecule has 3 aromatic carbocycles. The smallest absolute Gasteiger partial charge is 0.269 e. The lowest BCUT2D eigenvalue weighted by atomic mass is 10.0. The maximum absolute atomic E-state index is 10.9. The molecule has 0 saturated carbocycles. The zero-order valence-electron chi connectivity index (χ0n) is 19.4. The monoisotopic (exact) mass is 446 g/mol. The number of rotatable bonds is 11. The Morgan fingerprint density at radius 2 is 1.76 bits per heavy atom. The van der Waals surface area contributed by atoms with E-state index in [0.717, 1.165) is 22.4 Å². The lowest BCUT2D eigenvalue weighted by Gasteiger charge is -2.18. The number of nitro benzene ring substituents is 1. The van der Waals surface area contributed by atoms with Gasteiger partial charge in [0.05, 0.1) is 11.5 Å². The molecule has 0 atom stereocenters. The summed E-state index contributed by atoms with van der Waals surface area (Å²) in [5.41, 5.74) is 6.54. The van der Waals surface area contributed by atoms with E-state index in [1.165, 1.54) is 23.3 Å². The average molecular weight is 447 g/mol. The van der Waals surface area contributed by atoms with E-state index in [0.29, 0.717) is 31.1 Å². The second-order valence-electron chi connectivity index (χ2n) is 7.87. The molecule has 0 fully saturated rings. The summed E-state index contributed by atoms with van der Waals surface area (Å²) in [6, 6.07) is 16.8. The van der Waals surface area contributed by atoms with E-state index >= 15 is 0 Å². The van der Waals surface area contributed by atoms with Crippen LogP contribution in [0.15, 0.2) is 67.3 Å². The first-order valence-electron chi connectivity index (χ1n) is 11.0. The van der Waals surface area contributed by atoms with Crippen LogP contribution in [0.1, 0.15) is 34.7 Å². The van der Waals surface area contributed by atoms with Crippen LogP contribution in [0.3, 0.4) is 0 Å². The van der Waals surface area contributed by atoms with Crippen molar-refractivity contribution < 1.29 is 14.4 Å². The van der Waals surface area contributed by atoms with E-state index in [2.05, 4.69) is 50.0 Å². The van der Waals surface area contributed by atoms with Gasteiger partial charge in [0.1, 0.15) is 6.61 Å². The first-order valence-corrected chi connectivity index (χ1v) is 11.0. The normalized spacial score (nSPS) is 10.5. The van der Waals surface area contributed by atoms with Gasteiger partial charge in [0.2, 0.25) is 0 Å². The highest BCUT2D eigenvalue weighted by molar-refractivity contribution is 5.53. The maximum Gasteiger partial charge on any atom is 0.269 e. The number of aryl methyl sites for hydroxylation is 2. The van der Waals surface area contributed by atoms with Crippen molar-refractivity contribution in [3.63, 3.8) is 0 Å². The molecule has 0 amide bonds. The van der Waals surface area contributed by atoms with Crippen molar-refractivity contribution in [2.75, 3.05) is 11.9 Å². The van der Waals surface area contributed by atoms with Crippen molar-refractivity contribution in [2.24, 2.45) is 0 Å². The van der Waals surface area contributed by atoms with Crippen molar-refractivity contribution in [1.82, 2.24) is 0 Å². The van der Waals surface area contributed by atoms with E-state index in [4.69, 9.17) is 9.47 Å². The van der Waals surface area contributed by atoms with Crippen molar-refractivity contribution in [3.8, 4) is 11.5 Å². The predicted molar refractivity (Wildman–Crippen MR) is 132 cm³/mol. The van der Waals surface area contributed by atoms with Gasteiger partial charge in [0.15, 0.2) is 11.5 Å². The molecule has 0 radical (unpaired) electrons. The number of nitro groups is 1. The zero-order valence-corrected chi connectivity index (χ0v) is 19.4. The number of hydrogen-bond acceptors (Lipinski definition) is 5. The lowest BCUT2D eigenvalue weighted by Crippen LogP contribution is -2.06. The number of nitrogens with zero attached hydrogens (tertiary/aromatic N) is 1. The van der Waals surface area contributed by atoms with Crippen molar-refractivity contribution in [2.45, 2.75) is 40.3 Å². The molecule has 0 bridgehead atoms. The fraction of sp³-hybridized carbons (Fsp3) is 0.259. The predicted octanol–water partition coefficient (Wildman–Crippen LogP) is 6.53. The van der Waals surface area contributed by atoms with Gasteiger partial charge in [-0.15, -0.1) is 6.58 Å². The SMILES string of the molecule is C=CCc1cc(CNc2ccc(C)c(C)c2)cc(OCC)c1OCc1ccc([N+](=O)[O-])cc1. The topological polar surface area (TPSA) is 73.6 Å². The first kappa shape index (κ1) is 23.9. The number of benzene rings is 3. The molecule has 3 aromatic rings. The summed E-state index contributed by atoms with van der Waals surface area (Å²) < 4.78 is 12.1. The summed E-state index contributed by atoms with van der Waals surface area (Å²) in [6.45, 7) is 11.5. The molecular weight excluding hydrogens is 416 g/mol. The third-order valence-corrected chi connectivity index (χ3v) is 5.39. The Bertz CT molecular complexity index is 1120. The molecule has 0 aliphatic heterocycles. The number of non-ortho nitro benzene ring substituents is 1. The molecule has 1 N–H and O–H groups in total. The standard InChI is InChI=1S/C27H30N2O4/c1-5-7-23-15-22(17-28-24-11-8-19(3)20(4)14-24)16-26(32-6-2)27(23)33-18-21-9-12-25(13-10-21)29(30)31/h5,8-16,28H,1,6-7,17-18H2,2-4H3. The summed E-state index contributed by atoms with van der Waals surface area (Å²) in [4.78, 5) is 10.5. The second kappa shape index (κ2) is 11.2. The first-order chi connectivity index (χ1) is 15.9. The number of anilines is 1. The van der Waals surface area contributed by atoms with Crippen LogP contribution >= 0.6 is 0 Å². The molecule has 0 saturated heterocycles. The largest absolute Gasteiger partial charge is 0.490 e. The Labute approximate surface area is 195 Å². The van der Waals surface area contributed by atoms with Gasteiger partial charge in [0.25, 0.3) is 5.69 Å². The average Bonchev–Trinajstić information content (AvgIpc) is 2.80. The summed E-state index contributed by atoms with van der Waals surface area (Å²) in [7, 11) is 0. The summed E-state index contributed by atoms with van der Waals surface area (Å²) in [5, 5.41) is 14.4. The quantitative estimate of drug-likeness (QED) is 0.206. The third-order valence-electron chi connectivity index (χ3n) is 5.39. The summed E-state index contributed by atoms with van der Waals surface area (Å²) >= 11 is 0. The Kier molecular flexibility index (Phi) is 8.08. The molecule has 0 spiro atoms. The third kappa shape index (κ3) is 6.35. The molecule has 6 heteroatoms. The highest BCUT2D eigenvalue weighted by atomic mass is 16.6. The highest BCUT2D eigenvalue weighted by Crippen LogP contribution is 2.35. The maximum atomic E-state index is 10.9. The van der Waals surface area contributed by atoms with Gasteiger partial charge in [-0.1, -0.05) is 12.1 Å². The number of hydrogen-bond donors (Lipinski definition) is 1. The van der Waals surface area contributed by atoms with Gasteiger partial charge in [-0.3, -0.25) is 10.1 Å². The molecule has 0 unspecified atom stereocenters. The molecule has 0 aliphatic carbocycles. The van der Waals surface area contributed by atoms with Crippen LogP contribution in [0.25, 0.3) is 0 Å². The van der Waals surface area contributed by atoms with Gasteiger partial charge in [-0.05, 0) is 85.8 Å². The highest BCUT2D eigenvalue weighted by Gasteiger charge is 2.14. The molecule has 6 nitrogen and oxygen atoms in total.